The number of hydrogen-bond acceptors (Lipinski definition) is 6. The van der Waals surface area contributed by atoms with Crippen molar-refractivity contribution in [1.82, 2.24) is 9.71 Å². The van der Waals surface area contributed by atoms with Gasteiger partial charge in [-0.2, -0.15) is 5.26 Å². The molecule has 0 unspecified atom stereocenters. The lowest BCUT2D eigenvalue weighted by atomic mass is 10.2. The van der Waals surface area contributed by atoms with Gasteiger partial charge in [-0.25, -0.2) is 4.98 Å². The van der Waals surface area contributed by atoms with Gasteiger partial charge < -0.3 is 4.90 Å². The van der Waals surface area contributed by atoms with Gasteiger partial charge in [-0.1, -0.05) is 58.6 Å². The van der Waals surface area contributed by atoms with Crippen molar-refractivity contribution < 1.29 is 4.79 Å². The normalized spacial score (nSPS) is 10.4. The highest BCUT2D eigenvalue weighted by Gasteiger charge is 2.21. The molecule has 0 spiro atoms. The van der Waals surface area contributed by atoms with Crippen LogP contribution in [-0.4, -0.2) is 17.1 Å². The first-order valence-electron chi connectivity index (χ1n) is 8.03. The molecule has 3 aromatic rings. The summed E-state index contributed by atoms with van der Waals surface area (Å²) >= 11 is 14.8. The fourth-order valence-corrected chi connectivity index (χ4v) is 4.13. The topological polar surface area (TPSA) is 69.0 Å². The second-order valence-corrected chi connectivity index (χ2v) is 8.26. The highest BCUT2D eigenvalue weighted by molar-refractivity contribution is 7.97. The summed E-state index contributed by atoms with van der Waals surface area (Å²) < 4.78 is 2.94. The van der Waals surface area contributed by atoms with Crippen LogP contribution in [0.5, 0.6) is 0 Å². The third-order valence-electron chi connectivity index (χ3n) is 3.75. The Labute approximate surface area is 181 Å². The second kappa shape index (κ2) is 9.30. The molecule has 1 amide bonds. The monoisotopic (exact) mass is 448 g/mol. The Morgan fingerprint density at radius 2 is 2.04 bits per heavy atom. The highest BCUT2D eigenvalue weighted by Crippen LogP contribution is 2.36. The van der Waals surface area contributed by atoms with Crippen molar-refractivity contribution in [1.29, 1.82) is 5.26 Å². The summed E-state index contributed by atoms with van der Waals surface area (Å²) in [7, 11) is 0. The van der Waals surface area contributed by atoms with Gasteiger partial charge in [0.25, 0.3) is 5.91 Å². The molecular weight excluding hydrogens is 435 g/mol. The van der Waals surface area contributed by atoms with Crippen LogP contribution in [0.2, 0.25) is 9.36 Å². The second-order valence-electron chi connectivity index (χ2n) is 5.63. The van der Waals surface area contributed by atoms with Crippen LogP contribution in [0.1, 0.15) is 21.6 Å². The minimum Gasteiger partial charge on any atom is -0.313 e. The van der Waals surface area contributed by atoms with Crippen molar-refractivity contribution in [3.63, 3.8) is 0 Å². The number of rotatable bonds is 6. The van der Waals surface area contributed by atoms with Crippen LogP contribution in [0.25, 0.3) is 0 Å². The number of aromatic nitrogens is 1. The summed E-state index contributed by atoms with van der Waals surface area (Å²) in [5.41, 5.74) is 2.53. The first-order valence-corrected chi connectivity index (χ1v) is 10.8. The number of nitriles is 1. The largest absolute Gasteiger partial charge is 0.313 e. The third-order valence-corrected chi connectivity index (χ3v) is 5.65. The number of carbonyl (C=O) groups is 1. The van der Waals surface area contributed by atoms with Gasteiger partial charge in [0.2, 0.25) is 0 Å². The zero-order valence-corrected chi connectivity index (χ0v) is 17.8. The number of benzene rings is 2. The van der Waals surface area contributed by atoms with Crippen LogP contribution >= 0.6 is 46.5 Å². The van der Waals surface area contributed by atoms with Crippen LogP contribution in [0.4, 0.5) is 10.8 Å². The highest BCUT2D eigenvalue weighted by atomic mass is 35.5. The Hall–Kier alpha value is -2.24. The first kappa shape index (κ1) is 20.5. The molecule has 1 N–H and O–H groups in total. The molecule has 2 aromatic carbocycles. The van der Waals surface area contributed by atoms with Crippen LogP contribution in [0.15, 0.2) is 48.5 Å². The van der Waals surface area contributed by atoms with Crippen molar-refractivity contribution in [2.75, 3.05) is 11.2 Å². The molecule has 1 aromatic heterocycles. The standard InChI is InChI=1S/C19H14Cl2N4OS2/c1-27-24-18(26)16-17(21)28-19(23-16)25(11-13-3-2-4-14(20)9-13)15-7-5-12(10-22)6-8-15/h2-9H,11H2,1H3,(H,24,26). The Bertz CT molecular complexity index is 1030. The summed E-state index contributed by atoms with van der Waals surface area (Å²) in [4.78, 5) is 18.6. The SMILES string of the molecule is CSNC(=O)c1nc(N(Cc2cccc(Cl)c2)c2ccc(C#N)cc2)sc1Cl. The lowest BCUT2D eigenvalue weighted by molar-refractivity contribution is 0.0980. The number of nitrogens with zero attached hydrogens (tertiary/aromatic N) is 3. The minimum atomic E-state index is -0.345. The van der Waals surface area contributed by atoms with E-state index in [0.29, 0.717) is 26.6 Å². The van der Waals surface area contributed by atoms with Crippen LogP contribution in [0.3, 0.4) is 0 Å². The molecule has 0 radical (unpaired) electrons. The van der Waals surface area contributed by atoms with Crippen LogP contribution in [-0.2, 0) is 6.54 Å². The average molecular weight is 449 g/mol. The van der Waals surface area contributed by atoms with Gasteiger partial charge in [0.05, 0.1) is 18.2 Å². The molecule has 0 aliphatic heterocycles. The molecule has 0 aliphatic rings. The Kier molecular flexibility index (Phi) is 6.81. The van der Waals surface area contributed by atoms with Crippen LogP contribution < -0.4 is 9.62 Å². The third kappa shape index (κ3) is 4.78. The van der Waals surface area contributed by atoms with E-state index in [9.17, 15) is 4.79 Å². The molecular formula is C19H14Cl2N4OS2. The Balaban J connectivity index is 2.01. The number of anilines is 2. The zero-order valence-electron chi connectivity index (χ0n) is 14.6. The van der Waals surface area contributed by atoms with Gasteiger partial charge in [-0.05, 0) is 42.0 Å². The fraction of sp³-hybridized carbons (Fsp3) is 0.105. The first-order chi connectivity index (χ1) is 13.5. The Morgan fingerprint density at radius 3 is 2.68 bits per heavy atom. The maximum absolute atomic E-state index is 12.2. The molecule has 5 nitrogen and oxygen atoms in total. The average Bonchev–Trinajstić information content (AvgIpc) is 3.08. The predicted octanol–water partition coefficient (Wildman–Crippen LogP) is 5.67. The van der Waals surface area contributed by atoms with Gasteiger partial charge >= 0.3 is 0 Å². The molecule has 1 heterocycles. The number of nitrogens with one attached hydrogen (secondary N) is 1. The number of carbonyl (C=O) groups excluding carboxylic acids is 1. The lowest BCUT2D eigenvalue weighted by Gasteiger charge is -2.22. The van der Waals surface area contributed by atoms with Gasteiger partial charge in [0.1, 0.15) is 4.34 Å². The van der Waals surface area contributed by atoms with Crippen molar-refractivity contribution in [3.8, 4) is 6.07 Å². The molecule has 0 fully saturated rings. The van der Waals surface area contributed by atoms with Gasteiger partial charge in [-0.3, -0.25) is 9.52 Å². The summed E-state index contributed by atoms with van der Waals surface area (Å²) in [6.45, 7) is 0.472. The van der Waals surface area contributed by atoms with E-state index in [4.69, 9.17) is 28.5 Å². The molecule has 0 atom stereocenters. The van der Waals surface area contributed by atoms with E-state index in [1.54, 1.807) is 18.4 Å². The summed E-state index contributed by atoms with van der Waals surface area (Å²) in [6.07, 6.45) is 1.75. The number of thiazole rings is 1. The van der Waals surface area contributed by atoms with Crippen molar-refractivity contribution in [3.05, 3.63) is 74.7 Å². The van der Waals surface area contributed by atoms with E-state index in [1.165, 1.54) is 23.3 Å². The molecule has 3 rings (SSSR count). The molecule has 0 aliphatic carbocycles. The molecule has 0 saturated heterocycles. The van der Waals surface area contributed by atoms with Gasteiger partial charge in [-0.15, -0.1) is 0 Å². The van der Waals surface area contributed by atoms with Crippen molar-refractivity contribution in [2.45, 2.75) is 6.54 Å². The molecule has 9 heteroatoms. The van der Waals surface area contributed by atoms with E-state index in [-0.39, 0.29) is 11.6 Å². The van der Waals surface area contributed by atoms with Crippen LogP contribution in [0, 0.1) is 11.3 Å². The minimum absolute atomic E-state index is 0.181. The Morgan fingerprint density at radius 1 is 1.29 bits per heavy atom. The zero-order chi connectivity index (χ0) is 20.1. The fourth-order valence-electron chi connectivity index (χ4n) is 2.49. The summed E-state index contributed by atoms with van der Waals surface area (Å²) in [5.74, 6) is -0.345. The van der Waals surface area contributed by atoms with E-state index >= 15 is 0 Å². The smallest absolute Gasteiger partial charge is 0.282 e. The summed E-state index contributed by atoms with van der Waals surface area (Å²) in [6, 6.07) is 16.8. The van der Waals surface area contributed by atoms with Crippen molar-refractivity contribution >= 4 is 63.2 Å². The quantitative estimate of drug-likeness (QED) is 0.492. The maximum atomic E-state index is 12.2. The van der Waals surface area contributed by atoms with Gasteiger partial charge in [0.15, 0.2) is 10.8 Å². The molecule has 28 heavy (non-hydrogen) atoms. The lowest BCUT2D eigenvalue weighted by Crippen LogP contribution is -2.18. The number of amides is 1. The maximum Gasteiger partial charge on any atom is 0.282 e. The van der Waals surface area contributed by atoms with E-state index < -0.39 is 0 Å². The number of halogens is 2. The number of hydrogen-bond donors (Lipinski definition) is 1. The van der Waals surface area contributed by atoms with E-state index in [2.05, 4.69) is 15.8 Å². The van der Waals surface area contributed by atoms with E-state index in [0.717, 1.165) is 11.3 Å². The molecule has 0 saturated carbocycles. The predicted molar refractivity (Wildman–Crippen MR) is 117 cm³/mol. The van der Waals surface area contributed by atoms with E-state index in [1.807, 2.05) is 41.3 Å². The summed E-state index contributed by atoms with van der Waals surface area (Å²) in [5, 5.41) is 10.3. The van der Waals surface area contributed by atoms with Gasteiger partial charge in [0, 0.05) is 17.0 Å². The molecule has 0 bridgehead atoms. The molecule has 142 valence electrons. The van der Waals surface area contributed by atoms with Crippen molar-refractivity contribution in [2.24, 2.45) is 0 Å².